The molecule has 2 amide bonds. The largest absolute Gasteiger partial charge is 0.469 e. The highest BCUT2D eigenvalue weighted by Gasteiger charge is 2.33. The van der Waals surface area contributed by atoms with Gasteiger partial charge in [0.05, 0.1) is 25.4 Å². The predicted octanol–water partition coefficient (Wildman–Crippen LogP) is 1.54. The van der Waals surface area contributed by atoms with Gasteiger partial charge in [-0.2, -0.15) is 0 Å². The Balaban J connectivity index is 2.24. The quantitative estimate of drug-likeness (QED) is 0.615. The molecule has 1 N–H and O–H groups in total. The maximum atomic E-state index is 12.1. The first-order chi connectivity index (χ1) is 9.34. The second-order valence-corrected chi connectivity index (χ2v) is 5.83. The number of rotatable bonds is 5. The summed E-state index contributed by atoms with van der Waals surface area (Å²) in [6.07, 6.45) is 1.93. The Morgan fingerprint density at radius 3 is 2.70 bits per heavy atom. The maximum Gasteiger partial charge on any atom is 0.317 e. The molecule has 0 bridgehead atoms. The lowest BCUT2D eigenvalue weighted by Crippen LogP contribution is -2.56. The van der Waals surface area contributed by atoms with E-state index in [0.717, 1.165) is 12.8 Å². The van der Waals surface area contributed by atoms with Gasteiger partial charge in [0.25, 0.3) is 0 Å². The standard InChI is InChI=1S/C14H26N2O4/c1-11-9-16(10-14(2,3)20-11)13(18)15-8-6-5-7-12(17)19-4/h11H,5-10H2,1-4H3,(H,15,18). The van der Waals surface area contributed by atoms with E-state index >= 15 is 0 Å². The van der Waals surface area contributed by atoms with Crippen LogP contribution in [0.2, 0.25) is 0 Å². The summed E-state index contributed by atoms with van der Waals surface area (Å²) in [5.74, 6) is -0.208. The van der Waals surface area contributed by atoms with Gasteiger partial charge in [-0.05, 0) is 33.6 Å². The Labute approximate surface area is 120 Å². The highest BCUT2D eigenvalue weighted by atomic mass is 16.5. The van der Waals surface area contributed by atoms with Crippen molar-refractivity contribution >= 4 is 12.0 Å². The van der Waals surface area contributed by atoms with Gasteiger partial charge in [0.2, 0.25) is 0 Å². The molecule has 20 heavy (non-hydrogen) atoms. The number of hydrogen-bond acceptors (Lipinski definition) is 4. The molecule has 1 atom stereocenters. The van der Waals surface area contributed by atoms with Gasteiger partial charge >= 0.3 is 12.0 Å². The van der Waals surface area contributed by atoms with Gasteiger partial charge in [0.15, 0.2) is 0 Å². The molecule has 1 saturated heterocycles. The summed E-state index contributed by atoms with van der Waals surface area (Å²) in [4.78, 5) is 24.8. The lowest BCUT2D eigenvalue weighted by Gasteiger charge is -2.41. The van der Waals surface area contributed by atoms with Crippen LogP contribution >= 0.6 is 0 Å². The smallest absolute Gasteiger partial charge is 0.317 e. The summed E-state index contributed by atoms with van der Waals surface area (Å²) in [6, 6.07) is -0.0636. The van der Waals surface area contributed by atoms with E-state index in [-0.39, 0.29) is 23.7 Å². The van der Waals surface area contributed by atoms with Crippen molar-refractivity contribution in [1.82, 2.24) is 10.2 Å². The SMILES string of the molecule is COC(=O)CCCCNC(=O)N1CC(C)OC(C)(C)C1. The molecule has 116 valence electrons. The van der Waals surface area contributed by atoms with E-state index in [2.05, 4.69) is 10.1 Å². The fraction of sp³-hybridized carbons (Fsp3) is 0.857. The van der Waals surface area contributed by atoms with Crippen LogP contribution in [0.15, 0.2) is 0 Å². The monoisotopic (exact) mass is 286 g/mol. The zero-order chi connectivity index (χ0) is 15.2. The third-order valence-electron chi connectivity index (χ3n) is 3.17. The molecule has 0 aromatic heterocycles. The third kappa shape index (κ3) is 5.77. The zero-order valence-corrected chi connectivity index (χ0v) is 12.9. The first kappa shape index (κ1) is 16.8. The molecule has 0 saturated carbocycles. The molecule has 0 spiro atoms. The number of morpholine rings is 1. The Morgan fingerprint density at radius 1 is 1.40 bits per heavy atom. The van der Waals surface area contributed by atoms with E-state index in [1.165, 1.54) is 7.11 Å². The number of nitrogens with zero attached hydrogens (tertiary/aromatic N) is 1. The minimum Gasteiger partial charge on any atom is -0.469 e. The number of amides is 2. The highest BCUT2D eigenvalue weighted by molar-refractivity contribution is 5.74. The van der Waals surface area contributed by atoms with E-state index in [9.17, 15) is 9.59 Å². The number of ether oxygens (including phenoxy) is 2. The molecular weight excluding hydrogens is 260 g/mol. The van der Waals surface area contributed by atoms with Gasteiger partial charge in [-0.25, -0.2) is 4.79 Å². The molecule has 0 radical (unpaired) electrons. The Morgan fingerprint density at radius 2 is 2.10 bits per heavy atom. The van der Waals surface area contributed by atoms with Crippen molar-refractivity contribution in [2.45, 2.75) is 51.7 Å². The Bertz CT molecular complexity index is 344. The van der Waals surface area contributed by atoms with Gasteiger partial charge < -0.3 is 19.7 Å². The van der Waals surface area contributed by atoms with Gasteiger partial charge in [-0.15, -0.1) is 0 Å². The summed E-state index contributed by atoms with van der Waals surface area (Å²) in [7, 11) is 1.38. The van der Waals surface area contributed by atoms with Crippen LogP contribution in [0.3, 0.4) is 0 Å². The van der Waals surface area contributed by atoms with Crippen molar-refractivity contribution in [3.05, 3.63) is 0 Å². The summed E-state index contributed by atoms with van der Waals surface area (Å²) in [5, 5.41) is 2.88. The average Bonchev–Trinajstić information content (AvgIpc) is 2.35. The molecule has 1 heterocycles. The van der Waals surface area contributed by atoms with Crippen LogP contribution in [0, 0.1) is 0 Å². The second-order valence-electron chi connectivity index (χ2n) is 5.83. The number of unbranched alkanes of at least 4 members (excludes halogenated alkanes) is 1. The number of methoxy groups -OCH3 is 1. The molecule has 6 nitrogen and oxygen atoms in total. The summed E-state index contributed by atoms with van der Waals surface area (Å²) >= 11 is 0. The summed E-state index contributed by atoms with van der Waals surface area (Å²) < 4.78 is 10.3. The topological polar surface area (TPSA) is 67.9 Å². The van der Waals surface area contributed by atoms with Crippen LogP contribution in [0.25, 0.3) is 0 Å². The third-order valence-corrected chi connectivity index (χ3v) is 3.17. The number of hydrogen-bond donors (Lipinski definition) is 1. The normalized spacial score (nSPS) is 21.4. The fourth-order valence-electron chi connectivity index (χ4n) is 2.41. The van der Waals surface area contributed by atoms with Crippen molar-refractivity contribution in [3.8, 4) is 0 Å². The minimum atomic E-state index is -0.306. The van der Waals surface area contributed by atoms with Crippen molar-refractivity contribution < 1.29 is 19.1 Å². The highest BCUT2D eigenvalue weighted by Crippen LogP contribution is 2.20. The molecule has 6 heteroatoms. The lowest BCUT2D eigenvalue weighted by atomic mass is 10.1. The number of esters is 1. The van der Waals surface area contributed by atoms with E-state index in [1.54, 1.807) is 4.90 Å². The number of carbonyl (C=O) groups excluding carboxylic acids is 2. The minimum absolute atomic E-state index is 0.0452. The lowest BCUT2D eigenvalue weighted by molar-refractivity contribution is -0.140. The van der Waals surface area contributed by atoms with E-state index < -0.39 is 0 Å². The number of carbonyl (C=O) groups is 2. The molecule has 1 fully saturated rings. The average molecular weight is 286 g/mol. The van der Waals surface area contributed by atoms with Crippen LogP contribution < -0.4 is 5.32 Å². The summed E-state index contributed by atoms with van der Waals surface area (Å²) in [5.41, 5.74) is -0.306. The van der Waals surface area contributed by atoms with Crippen LogP contribution in [0.1, 0.15) is 40.0 Å². The summed E-state index contributed by atoms with van der Waals surface area (Å²) in [6.45, 7) is 7.71. The second kappa shape index (κ2) is 7.47. The predicted molar refractivity (Wildman–Crippen MR) is 75.5 cm³/mol. The first-order valence-electron chi connectivity index (χ1n) is 7.11. The molecule has 0 aromatic rings. The van der Waals surface area contributed by atoms with Gasteiger partial charge in [0, 0.05) is 19.5 Å². The zero-order valence-electron chi connectivity index (χ0n) is 12.9. The van der Waals surface area contributed by atoms with E-state index in [1.807, 2.05) is 20.8 Å². The van der Waals surface area contributed by atoms with Crippen molar-refractivity contribution in [3.63, 3.8) is 0 Å². The molecule has 0 aliphatic carbocycles. The van der Waals surface area contributed by atoms with Gasteiger partial charge in [-0.1, -0.05) is 0 Å². The van der Waals surface area contributed by atoms with E-state index in [0.29, 0.717) is 26.1 Å². The molecule has 1 aliphatic rings. The molecule has 1 unspecified atom stereocenters. The van der Waals surface area contributed by atoms with Crippen LogP contribution in [-0.4, -0.2) is 55.3 Å². The van der Waals surface area contributed by atoms with Crippen LogP contribution in [0.5, 0.6) is 0 Å². The Kier molecular flexibility index (Phi) is 6.26. The first-order valence-corrected chi connectivity index (χ1v) is 7.11. The Hall–Kier alpha value is -1.30. The van der Waals surface area contributed by atoms with E-state index in [4.69, 9.17) is 4.74 Å². The number of urea groups is 1. The van der Waals surface area contributed by atoms with Crippen molar-refractivity contribution in [2.24, 2.45) is 0 Å². The van der Waals surface area contributed by atoms with Crippen molar-refractivity contribution in [2.75, 3.05) is 26.7 Å². The molecule has 1 aliphatic heterocycles. The van der Waals surface area contributed by atoms with Gasteiger partial charge in [0.1, 0.15) is 0 Å². The van der Waals surface area contributed by atoms with Gasteiger partial charge in [-0.3, -0.25) is 4.79 Å². The van der Waals surface area contributed by atoms with Crippen LogP contribution in [0.4, 0.5) is 4.79 Å². The molecular formula is C14H26N2O4. The fourth-order valence-corrected chi connectivity index (χ4v) is 2.41. The molecule has 1 rings (SSSR count). The molecule has 0 aromatic carbocycles. The van der Waals surface area contributed by atoms with Crippen molar-refractivity contribution in [1.29, 1.82) is 0 Å². The number of nitrogens with one attached hydrogen (secondary N) is 1. The van der Waals surface area contributed by atoms with Crippen LogP contribution in [-0.2, 0) is 14.3 Å². The maximum absolute atomic E-state index is 12.1.